The first-order valence-corrected chi connectivity index (χ1v) is 11.6. The Labute approximate surface area is 196 Å². The summed E-state index contributed by atoms with van der Waals surface area (Å²) in [5.74, 6) is -0.496. The van der Waals surface area contributed by atoms with E-state index in [1.54, 1.807) is 23.1 Å². The number of likely N-dealkylation sites (tertiary alicyclic amines) is 1. The lowest BCUT2D eigenvalue weighted by molar-refractivity contribution is -0.133. The van der Waals surface area contributed by atoms with Crippen molar-refractivity contribution in [2.45, 2.75) is 25.3 Å². The van der Waals surface area contributed by atoms with Gasteiger partial charge in [-0.3, -0.25) is 18.7 Å². The number of imidazole rings is 1. The number of aromatic nitrogens is 6. The molecule has 1 fully saturated rings. The molecule has 0 N–H and O–H groups in total. The van der Waals surface area contributed by atoms with Crippen LogP contribution in [0.1, 0.15) is 23.8 Å². The Bertz CT molecular complexity index is 1520. The van der Waals surface area contributed by atoms with Crippen molar-refractivity contribution in [1.29, 1.82) is 0 Å². The third kappa shape index (κ3) is 3.73. The summed E-state index contributed by atoms with van der Waals surface area (Å²) < 4.78 is 17.9. The van der Waals surface area contributed by atoms with Gasteiger partial charge in [-0.2, -0.15) is 0 Å². The topological polar surface area (TPSA) is 108 Å². The first-order chi connectivity index (χ1) is 16.3. The van der Waals surface area contributed by atoms with Crippen LogP contribution in [0.25, 0.3) is 21.7 Å². The maximum Gasteiger partial charge on any atom is 0.332 e. The molecule has 1 aliphatic rings. The number of hydrogen-bond donors (Lipinski definition) is 0. The van der Waals surface area contributed by atoms with Crippen LogP contribution in [0.5, 0.6) is 0 Å². The maximum atomic E-state index is 14.1. The van der Waals surface area contributed by atoms with Crippen molar-refractivity contribution < 1.29 is 9.18 Å². The van der Waals surface area contributed by atoms with Gasteiger partial charge in [0.2, 0.25) is 5.91 Å². The van der Waals surface area contributed by atoms with E-state index < -0.39 is 11.2 Å². The number of halogens is 1. The van der Waals surface area contributed by atoms with Gasteiger partial charge in [0.25, 0.3) is 5.56 Å². The molecule has 1 amide bonds. The zero-order valence-electron chi connectivity index (χ0n) is 18.6. The Balaban J connectivity index is 1.35. The van der Waals surface area contributed by atoms with Crippen LogP contribution in [0.4, 0.5) is 4.39 Å². The molecule has 0 unspecified atom stereocenters. The minimum atomic E-state index is -0.491. The van der Waals surface area contributed by atoms with Crippen LogP contribution in [-0.2, 0) is 25.4 Å². The minimum absolute atomic E-state index is 0.00365. The molecule has 4 heterocycles. The highest BCUT2D eigenvalue weighted by Crippen LogP contribution is 2.33. The van der Waals surface area contributed by atoms with Crippen LogP contribution in [0.2, 0.25) is 0 Å². The van der Waals surface area contributed by atoms with Crippen LogP contribution < -0.4 is 11.2 Å². The van der Waals surface area contributed by atoms with E-state index in [-0.39, 0.29) is 35.4 Å². The quantitative estimate of drug-likeness (QED) is 0.435. The molecule has 10 nitrogen and oxygen atoms in total. The Morgan fingerprint density at radius 1 is 1.18 bits per heavy atom. The standard InChI is InChI=1S/C22H22FN7O3S/c1-27-18-17(21(32)28(2)22(27)33)30(12-24-18)11-16(31)29-9-5-6-13(10-29)19-25-26-20(34-19)14-7-3-4-8-15(14)23/h3-4,7-8,12-13H,5-6,9-11H2,1-2H3/t13-/m0/s1. The Morgan fingerprint density at radius 3 is 2.76 bits per heavy atom. The van der Waals surface area contributed by atoms with E-state index >= 15 is 0 Å². The van der Waals surface area contributed by atoms with Crippen molar-refractivity contribution in [3.05, 3.63) is 62.3 Å². The summed E-state index contributed by atoms with van der Waals surface area (Å²) in [7, 11) is 2.94. The predicted octanol–water partition coefficient (Wildman–Crippen LogP) is 1.50. The van der Waals surface area contributed by atoms with Crippen molar-refractivity contribution >= 4 is 28.4 Å². The van der Waals surface area contributed by atoms with Gasteiger partial charge in [0.15, 0.2) is 16.2 Å². The van der Waals surface area contributed by atoms with Crippen molar-refractivity contribution in [2.24, 2.45) is 14.1 Å². The molecule has 1 aliphatic heterocycles. The summed E-state index contributed by atoms with van der Waals surface area (Å²) in [5, 5.41) is 9.74. The molecular formula is C22H22FN7O3S. The lowest BCUT2D eigenvalue weighted by atomic mass is 9.99. The van der Waals surface area contributed by atoms with Gasteiger partial charge in [-0.25, -0.2) is 14.2 Å². The molecule has 5 rings (SSSR count). The smallest absolute Gasteiger partial charge is 0.332 e. The summed E-state index contributed by atoms with van der Waals surface area (Å²) >= 11 is 1.34. The van der Waals surface area contributed by atoms with Gasteiger partial charge in [0.05, 0.1) is 6.33 Å². The van der Waals surface area contributed by atoms with Crippen LogP contribution >= 0.6 is 11.3 Å². The molecule has 1 saturated heterocycles. The highest BCUT2D eigenvalue weighted by atomic mass is 32.1. The fourth-order valence-electron chi connectivity index (χ4n) is 4.31. The van der Waals surface area contributed by atoms with Gasteiger partial charge < -0.3 is 9.47 Å². The van der Waals surface area contributed by atoms with E-state index in [1.165, 1.54) is 47.0 Å². The normalized spacial score (nSPS) is 16.3. The van der Waals surface area contributed by atoms with E-state index in [4.69, 9.17) is 0 Å². The molecular weight excluding hydrogens is 461 g/mol. The van der Waals surface area contributed by atoms with E-state index in [9.17, 15) is 18.8 Å². The monoisotopic (exact) mass is 483 g/mol. The average Bonchev–Trinajstić information content (AvgIpc) is 3.50. The molecule has 0 aliphatic carbocycles. The molecule has 12 heteroatoms. The van der Waals surface area contributed by atoms with Crippen LogP contribution in [-0.4, -0.2) is 52.8 Å². The van der Waals surface area contributed by atoms with Gasteiger partial charge in [-0.1, -0.05) is 23.5 Å². The van der Waals surface area contributed by atoms with Crippen molar-refractivity contribution in [1.82, 2.24) is 33.8 Å². The number of hydrogen-bond acceptors (Lipinski definition) is 7. The molecule has 34 heavy (non-hydrogen) atoms. The Kier molecular flexibility index (Phi) is 5.60. The second-order valence-electron chi connectivity index (χ2n) is 8.35. The van der Waals surface area contributed by atoms with E-state index in [2.05, 4.69) is 15.2 Å². The first kappa shape index (κ1) is 22.1. The number of carbonyl (C=O) groups excluding carboxylic acids is 1. The fourth-order valence-corrected chi connectivity index (χ4v) is 5.31. The fraction of sp³-hybridized carbons (Fsp3) is 0.364. The molecule has 0 spiro atoms. The zero-order valence-corrected chi connectivity index (χ0v) is 19.5. The third-order valence-corrected chi connectivity index (χ3v) is 7.31. The summed E-state index contributed by atoms with van der Waals surface area (Å²) in [5.41, 5.74) is -0.0933. The molecule has 4 aromatic rings. The maximum absolute atomic E-state index is 14.1. The number of rotatable bonds is 4. The lowest BCUT2D eigenvalue weighted by Gasteiger charge is -2.31. The largest absolute Gasteiger partial charge is 0.340 e. The second kappa shape index (κ2) is 8.60. The number of amides is 1. The molecule has 3 aromatic heterocycles. The SMILES string of the molecule is Cn1c(=O)c2c(ncn2CC(=O)N2CCC[C@H](c3nnc(-c4ccccc4F)s3)C2)n(C)c1=O. The lowest BCUT2D eigenvalue weighted by Crippen LogP contribution is -2.41. The highest BCUT2D eigenvalue weighted by molar-refractivity contribution is 7.14. The summed E-state index contributed by atoms with van der Waals surface area (Å²) in [4.78, 5) is 43.8. The van der Waals surface area contributed by atoms with E-state index in [0.717, 1.165) is 22.4 Å². The molecule has 1 aromatic carbocycles. The van der Waals surface area contributed by atoms with Crippen LogP contribution in [0.15, 0.2) is 40.2 Å². The van der Waals surface area contributed by atoms with Gasteiger partial charge in [-0.05, 0) is 25.0 Å². The Morgan fingerprint density at radius 2 is 1.97 bits per heavy atom. The average molecular weight is 484 g/mol. The predicted molar refractivity (Wildman–Crippen MR) is 124 cm³/mol. The van der Waals surface area contributed by atoms with Gasteiger partial charge in [-0.15, -0.1) is 10.2 Å². The van der Waals surface area contributed by atoms with E-state index in [1.807, 2.05) is 0 Å². The molecule has 1 atom stereocenters. The number of nitrogens with zero attached hydrogens (tertiary/aromatic N) is 7. The number of fused-ring (bicyclic) bond motifs is 1. The van der Waals surface area contributed by atoms with Crippen molar-refractivity contribution in [2.75, 3.05) is 13.1 Å². The molecule has 0 bridgehead atoms. The number of piperidine rings is 1. The van der Waals surface area contributed by atoms with Crippen molar-refractivity contribution in [3.63, 3.8) is 0 Å². The van der Waals surface area contributed by atoms with Crippen LogP contribution in [0, 0.1) is 5.82 Å². The summed E-state index contributed by atoms with van der Waals surface area (Å²) in [6.07, 6.45) is 3.06. The summed E-state index contributed by atoms with van der Waals surface area (Å²) in [6, 6.07) is 6.45. The van der Waals surface area contributed by atoms with E-state index in [0.29, 0.717) is 23.7 Å². The Hall–Kier alpha value is -3.67. The molecule has 176 valence electrons. The van der Waals surface area contributed by atoms with Crippen LogP contribution in [0.3, 0.4) is 0 Å². The van der Waals surface area contributed by atoms with Gasteiger partial charge in [0, 0.05) is 38.7 Å². The molecule has 0 saturated carbocycles. The zero-order chi connectivity index (χ0) is 24.0. The second-order valence-corrected chi connectivity index (χ2v) is 9.36. The summed E-state index contributed by atoms with van der Waals surface area (Å²) in [6.45, 7) is 0.999. The van der Waals surface area contributed by atoms with Gasteiger partial charge in [0.1, 0.15) is 17.4 Å². The van der Waals surface area contributed by atoms with Gasteiger partial charge >= 0.3 is 5.69 Å². The minimum Gasteiger partial charge on any atom is -0.340 e. The number of benzene rings is 1. The first-order valence-electron chi connectivity index (χ1n) is 10.8. The molecule has 0 radical (unpaired) electrons. The number of aryl methyl sites for hydroxylation is 1. The van der Waals surface area contributed by atoms with Crippen molar-refractivity contribution in [3.8, 4) is 10.6 Å². The number of carbonyl (C=O) groups is 1. The third-order valence-electron chi connectivity index (χ3n) is 6.19. The highest BCUT2D eigenvalue weighted by Gasteiger charge is 2.28.